The number of carbonyl (C=O) groups is 10. The van der Waals surface area contributed by atoms with Crippen molar-refractivity contribution >= 4 is 70.8 Å². The summed E-state index contributed by atoms with van der Waals surface area (Å²) in [5, 5.41) is 38.3. The molecule has 0 saturated heterocycles. The maximum atomic E-state index is 14.4. The minimum Gasteiger partial charge on any atom is -0.481 e. The summed E-state index contributed by atoms with van der Waals surface area (Å²) < 4.78 is -0.756. The van der Waals surface area contributed by atoms with E-state index in [1.165, 1.54) is 11.8 Å². The Morgan fingerprint density at radius 2 is 0.867 bits per heavy atom. The number of carbonyl (C=O) groups excluding carboxylic acids is 8. The highest BCUT2D eigenvalue weighted by atomic mass is 32.2. The summed E-state index contributed by atoms with van der Waals surface area (Å²) in [4.78, 5) is 129. The van der Waals surface area contributed by atoms with E-state index in [9.17, 15) is 53.1 Å². The Hall–Kier alpha value is -8.65. The number of nitrogens with one attached hydrogen (secondary N) is 7. The Labute approximate surface area is 532 Å². The average molecular weight is 1250 g/mol. The van der Waals surface area contributed by atoms with Crippen molar-refractivity contribution in [2.24, 2.45) is 11.8 Å². The minimum absolute atomic E-state index is 0.00330. The molecule has 482 valence electrons. The second-order valence-corrected chi connectivity index (χ2v) is 23.8. The molecule has 0 radical (unpaired) electrons. The van der Waals surface area contributed by atoms with Gasteiger partial charge in [-0.15, -0.1) is 11.8 Å². The molecule has 5 rings (SSSR count). The lowest BCUT2D eigenvalue weighted by molar-refractivity contribution is -0.144. The second kappa shape index (κ2) is 40.8. The van der Waals surface area contributed by atoms with Crippen LogP contribution in [0.3, 0.4) is 0 Å². The van der Waals surface area contributed by atoms with E-state index in [-0.39, 0.29) is 68.2 Å². The van der Waals surface area contributed by atoms with Crippen LogP contribution in [0.4, 0.5) is 4.79 Å². The molecule has 5 aromatic rings. The molecule has 19 nitrogen and oxygen atoms in total. The van der Waals surface area contributed by atoms with Crippen LogP contribution in [-0.4, -0.2) is 120 Å². The molecule has 0 spiro atoms. The number of carboxylic acid groups (broad SMARTS) is 2. The molecule has 0 bridgehead atoms. The first kappa shape index (κ1) is 72.1. The molecule has 20 heteroatoms. The summed E-state index contributed by atoms with van der Waals surface area (Å²) in [7, 11) is 0. The molecule has 7 amide bonds. The van der Waals surface area contributed by atoms with Gasteiger partial charge in [-0.05, 0) is 98.9 Å². The van der Waals surface area contributed by atoms with Crippen LogP contribution in [-0.2, 0) is 60.7 Å². The molecule has 4 atom stereocenters. The third kappa shape index (κ3) is 27.4. The van der Waals surface area contributed by atoms with Gasteiger partial charge in [0.2, 0.25) is 29.5 Å². The molecule has 9 N–H and O–H groups in total. The van der Waals surface area contributed by atoms with E-state index in [1.807, 2.05) is 127 Å². The van der Waals surface area contributed by atoms with E-state index in [0.717, 1.165) is 59.9 Å². The van der Waals surface area contributed by atoms with Crippen LogP contribution in [0.15, 0.2) is 152 Å². The van der Waals surface area contributed by atoms with Gasteiger partial charge in [0.25, 0.3) is 0 Å². The number of aliphatic carboxylic acids is 2. The molecule has 0 aliphatic carbocycles. The largest absolute Gasteiger partial charge is 0.481 e. The molecular formula is C70H89N7O12S. The Kier molecular flexibility index (Phi) is 32.7. The van der Waals surface area contributed by atoms with Crippen molar-refractivity contribution in [1.29, 1.82) is 0 Å². The Balaban J connectivity index is 1.03. The van der Waals surface area contributed by atoms with Gasteiger partial charge in [0.05, 0.1) is 35.5 Å². The maximum absolute atomic E-state index is 14.4. The number of urea groups is 1. The number of carboxylic acids is 2. The lowest BCUT2D eigenvalue weighted by atomic mass is 9.83. The van der Waals surface area contributed by atoms with Crippen LogP contribution in [0, 0.1) is 11.8 Å². The molecule has 0 fully saturated rings. The number of thioether (sulfide) groups is 1. The zero-order chi connectivity index (χ0) is 64.8. The molecule has 5 aromatic carbocycles. The Bertz CT molecular complexity index is 2940. The number of benzene rings is 5. The molecule has 0 saturated carbocycles. The highest BCUT2D eigenvalue weighted by Crippen LogP contribution is 2.48. The van der Waals surface area contributed by atoms with E-state index in [4.69, 9.17) is 5.11 Å². The van der Waals surface area contributed by atoms with Crippen molar-refractivity contribution in [1.82, 2.24) is 37.2 Å². The van der Waals surface area contributed by atoms with Crippen LogP contribution < -0.4 is 37.2 Å². The van der Waals surface area contributed by atoms with Crippen molar-refractivity contribution in [2.45, 2.75) is 139 Å². The van der Waals surface area contributed by atoms with Crippen molar-refractivity contribution in [3.8, 4) is 0 Å². The Morgan fingerprint density at radius 3 is 1.38 bits per heavy atom. The molecule has 90 heavy (non-hydrogen) atoms. The van der Waals surface area contributed by atoms with Gasteiger partial charge in [0, 0.05) is 63.7 Å². The molecule has 3 unspecified atom stereocenters. The van der Waals surface area contributed by atoms with Gasteiger partial charge in [-0.25, -0.2) is 4.79 Å². The monoisotopic (exact) mass is 1250 g/mol. The zero-order valence-corrected chi connectivity index (χ0v) is 52.4. The van der Waals surface area contributed by atoms with E-state index < -0.39 is 76.9 Å². The third-order valence-electron chi connectivity index (χ3n) is 15.4. The molecular weight excluding hydrogens is 1160 g/mol. The molecule has 0 aromatic heterocycles. The van der Waals surface area contributed by atoms with Gasteiger partial charge < -0.3 is 47.4 Å². The van der Waals surface area contributed by atoms with Gasteiger partial charge in [0.15, 0.2) is 5.78 Å². The summed E-state index contributed by atoms with van der Waals surface area (Å²) in [5.74, 6) is -6.69. The second-order valence-electron chi connectivity index (χ2n) is 22.6. The summed E-state index contributed by atoms with van der Waals surface area (Å²) in [6, 6.07) is 46.1. The SMILES string of the molecule is C[C@H](CCC(=O)O)NC(=O)NCCCCCNC(=O)CCCCCCC(=O)NCCCCC(CC(=O)C(CC(=O)C(Cc1ccccc1)NC(=O)CNC(=O)CNC(=O)CSC(c1ccccc1)(c1ccccc1)c1ccccc1)Cc1ccccc1)C(=O)O. The van der Waals surface area contributed by atoms with Gasteiger partial charge in [-0.3, -0.25) is 43.2 Å². The molecule has 0 heterocycles. The number of rotatable bonds is 44. The lowest BCUT2D eigenvalue weighted by Gasteiger charge is -2.35. The van der Waals surface area contributed by atoms with Crippen LogP contribution in [0.2, 0.25) is 0 Å². The fraction of sp³-hybridized carbons (Fsp3) is 0.429. The van der Waals surface area contributed by atoms with Crippen LogP contribution >= 0.6 is 11.8 Å². The van der Waals surface area contributed by atoms with Gasteiger partial charge in [-0.1, -0.05) is 171 Å². The van der Waals surface area contributed by atoms with Crippen molar-refractivity contribution < 1.29 is 58.2 Å². The standard InChI is InChI=1S/C70H89N7O12S/c1-51(39-40-67(85)86)76-69(89)73-43-24-9-23-41-71-62(80)37-20-2-3-21-38-63(81)72-42-25-22-30-54(68(87)88)46-60(78)55(44-52-26-10-4-11-27-52)47-61(79)59(45-53-28-12-5-13-29-53)77-65(83)49-74-64(82)48-75-66(84)50-90-70(56-31-14-6-15-32-56,57-33-16-7-17-34-57)58-35-18-8-19-36-58/h4-8,10-19,26-29,31-36,51,54-55,59H,2-3,9,20-25,30,37-50H2,1H3,(H,71,80)(H,72,81)(H,74,82)(H,75,84)(H,77,83)(H,85,86)(H,87,88)(H2,73,76,89)/t51-,54?,55?,59?/m1/s1. The summed E-state index contributed by atoms with van der Waals surface area (Å²) in [6.45, 7) is 2.19. The maximum Gasteiger partial charge on any atom is 0.314 e. The summed E-state index contributed by atoms with van der Waals surface area (Å²) in [5.41, 5.74) is 4.43. The predicted molar refractivity (Wildman–Crippen MR) is 348 cm³/mol. The molecule has 0 aliphatic rings. The van der Waals surface area contributed by atoms with Crippen molar-refractivity contribution in [3.05, 3.63) is 179 Å². The summed E-state index contributed by atoms with van der Waals surface area (Å²) >= 11 is 1.42. The lowest BCUT2D eigenvalue weighted by Crippen LogP contribution is -2.48. The van der Waals surface area contributed by atoms with Gasteiger partial charge in [-0.2, -0.15) is 0 Å². The number of ketones is 2. The van der Waals surface area contributed by atoms with Crippen LogP contribution in [0.25, 0.3) is 0 Å². The number of amides is 7. The van der Waals surface area contributed by atoms with Gasteiger partial charge >= 0.3 is 18.0 Å². The highest BCUT2D eigenvalue weighted by Gasteiger charge is 2.38. The van der Waals surface area contributed by atoms with E-state index in [2.05, 4.69) is 37.2 Å². The van der Waals surface area contributed by atoms with Crippen LogP contribution in [0.5, 0.6) is 0 Å². The predicted octanol–water partition coefficient (Wildman–Crippen LogP) is 8.62. The fourth-order valence-corrected chi connectivity index (χ4v) is 11.8. The number of unbranched alkanes of at least 4 members (excludes halogenated alkanes) is 6. The van der Waals surface area contributed by atoms with E-state index >= 15 is 0 Å². The third-order valence-corrected chi connectivity index (χ3v) is 16.9. The normalized spacial score (nSPS) is 12.4. The number of hydrogen-bond acceptors (Lipinski definition) is 11. The first-order valence-corrected chi connectivity index (χ1v) is 32.3. The fourth-order valence-electron chi connectivity index (χ4n) is 10.4. The Morgan fingerprint density at radius 1 is 0.422 bits per heavy atom. The topological polar surface area (TPSA) is 295 Å². The summed E-state index contributed by atoms with van der Waals surface area (Å²) in [6.07, 6.45) is 7.01. The molecule has 0 aliphatic heterocycles. The highest BCUT2D eigenvalue weighted by molar-refractivity contribution is 8.01. The van der Waals surface area contributed by atoms with Crippen molar-refractivity contribution in [3.63, 3.8) is 0 Å². The number of hydrogen-bond donors (Lipinski definition) is 9. The number of Topliss-reactive ketones (excluding diaryl/α,β-unsaturated/α-hetero) is 2. The minimum atomic E-state index is -1.15. The average Bonchev–Trinajstić information content (AvgIpc) is 1.04. The van der Waals surface area contributed by atoms with E-state index in [1.54, 1.807) is 31.2 Å². The quantitative estimate of drug-likeness (QED) is 0.0131. The van der Waals surface area contributed by atoms with Crippen molar-refractivity contribution in [2.75, 3.05) is 38.5 Å². The first-order valence-electron chi connectivity index (χ1n) is 31.3. The van der Waals surface area contributed by atoms with E-state index in [0.29, 0.717) is 64.6 Å². The smallest absolute Gasteiger partial charge is 0.314 e. The van der Waals surface area contributed by atoms with Crippen LogP contribution in [0.1, 0.15) is 137 Å². The first-order chi connectivity index (χ1) is 43.5. The zero-order valence-electron chi connectivity index (χ0n) is 51.6. The van der Waals surface area contributed by atoms with Gasteiger partial charge in [0.1, 0.15) is 5.78 Å².